The van der Waals surface area contributed by atoms with E-state index >= 15 is 0 Å². The highest BCUT2D eigenvalue weighted by molar-refractivity contribution is 6.36. The van der Waals surface area contributed by atoms with E-state index in [0.29, 0.717) is 69.9 Å². The minimum Gasteiger partial charge on any atom is -0.481 e. The molecule has 3 aromatic heterocycles. The van der Waals surface area contributed by atoms with Crippen molar-refractivity contribution < 1.29 is 23.4 Å². The van der Waals surface area contributed by atoms with E-state index in [1.54, 1.807) is 31.6 Å². The summed E-state index contributed by atoms with van der Waals surface area (Å²) in [5.41, 5.74) is 6.17. The molecule has 13 heteroatoms. The summed E-state index contributed by atoms with van der Waals surface area (Å²) >= 11 is 7.09. The van der Waals surface area contributed by atoms with Gasteiger partial charge in [-0.15, -0.1) is 0 Å². The number of carboxylic acids is 1. The van der Waals surface area contributed by atoms with E-state index in [1.165, 1.54) is 0 Å². The molecular weight excluding hydrogens is 676 g/mol. The van der Waals surface area contributed by atoms with Crippen molar-refractivity contribution in [2.45, 2.75) is 45.6 Å². The summed E-state index contributed by atoms with van der Waals surface area (Å²) in [4.78, 5) is 35.5. The fourth-order valence-corrected chi connectivity index (χ4v) is 6.95. The molecule has 3 heterocycles. The summed E-state index contributed by atoms with van der Waals surface area (Å²) in [7, 11) is 3.58. The first-order valence-corrected chi connectivity index (χ1v) is 17.0. The standard InChI is InChI=1S/C38H38ClF2N7O3/c1-5-22-16-29-33(43-17-22)35(47-36(45-29)34(40)41)44-28-11-7-8-25(21(28)2)26-9-6-10-27(32(26)39)30-18-42-31(37(46-30)51-4)20-48(3)19-23-12-14-24(15-13-23)38(49)50/h5-11,16-18,23-24,34H,1,12-15,19-20H2,2-4H3,(H,49,50)(H,44,45,47). The summed E-state index contributed by atoms with van der Waals surface area (Å²) < 4.78 is 33.2. The number of rotatable bonds is 12. The van der Waals surface area contributed by atoms with Gasteiger partial charge >= 0.3 is 5.97 Å². The molecule has 0 saturated heterocycles. The second-order valence-electron chi connectivity index (χ2n) is 12.8. The number of benzene rings is 2. The third kappa shape index (κ3) is 7.82. The van der Waals surface area contributed by atoms with Gasteiger partial charge in [-0.1, -0.05) is 54.6 Å². The summed E-state index contributed by atoms with van der Waals surface area (Å²) in [5, 5.41) is 13.0. The van der Waals surface area contributed by atoms with Crippen LogP contribution in [0.15, 0.2) is 61.4 Å². The highest BCUT2D eigenvalue weighted by Gasteiger charge is 2.27. The number of fused-ring (bicyclic) bond motifs is 1. The van der Waals surface area contributed by atoms with Gasteiger partial charge in [0.15, 0.2) is 11.6 Å². The fourth-order valence-electron chi connectivity index (χ4n) is 6.63. The molecule has 2 aromatic carbocycles. The van der Waals surface area contributed by atoms with E-state index in [9.17, 15) is 18.7 Å². The van der Waals surface area contributed by atoms with Gasteiger partial charge in [-0.2, -0.15) is 0 Å². The maximum Gasteiger partial charge on any atom is 0.306 e. The zero-order valence-electron chi connectivity index (χ0n) is 28.5. The molecule has 0 aliphatic heterocycles. The smallest absolute Gasteiger partial charge is 0.306 e. The molecule has 1 aliphatic rings. The number of halogens is 3. The second-order valence-corrected chi connectivity index (χ2v) is 13.2. The SMILES string of the molecule is C=Cc1cnc2c(Nc3cccc(-c4cccc(-c5cnc(CN(C)CC6CCC(C(=O)O)CC6)c(OC)n5)c4Cl)c3C)nc(C(F)F)nc2c1. The van der Waals surface area contributed by atoms with Gasteiger partial charge in [0.2, 0.25) is 5.88 Å². The van der Waals surface area contributed by atoms with E-state index in [0.717, 1.165) is 36.1 Å². The van der Waals surface area contributed by atoms with Crippen LogP contribution in [0.25, 0.3) is 39.5 Å². The van der Waals surface area contributed by atoms with Gasteiger partial charge in [0.1, 0.15) is 11.2 Å². The molecule has 0 unspecified atom stereocenters. The van der Waals surface area contributed by atoms with E-state index in [1.807, 2.05) is 50.4 Å². The van der Waals surface area contributed by atoms with Gasteiger partial charge in [0.25, 0.3) is 6.43 Å². The molecule has 0 bridgehead atoms. The van der Waals surface area contributed by atoms with Crippen LogP contribution in [0.1, 0.15) is 54.8 Å². The zero-order valence-corrected chi connectivity index (χ0v) is 29.3. The normalized spacial score (nSPS) is 16.1. The van der Waals surface area contributed by atoms with E-state index in [4.69, 9.17) is 26.3 Å². The molecule has 51 heavy (non-hydrogen) atoms. The van der Waals surface area contributed by atoms with Crippen LogP contribution < -0.4 is 10.1 Å². The first-order chi connectivity index (χ1) is 24.6. The number of pyridine rings is 1. The van der Waals surface area contributed by atoms with Gasteiger partial charge in [0.05, 0.1) is 35.5 Å². The molecular formula is C38H38ClF2N7O3. The topological polar surface area (TPSA) is 126 Å². The number of aromatic nitrogens is 5. The number of anilines is 2. The number of hydrogen-bond acceptors (Lipinski definition) is 9. The number of ether oxygens (including phenoxy) is 1. The Balaban J connectivity index is 1.25. The third-order valence-electron chi connectivity index (χ3n) is 9.35. The van der Waals surface area contributed by atoms with Crippen molar-refractivity contribution in [2.24, 2.45) is 11.8 Å². The molecule has 1 saturated carbocycles. The van der Waals surface area contributed by atoms with Crippen molar-refractivity contribution in [3.8, 4) is 28.3 Å². The maximum absolute atomic E-state index is 13.8. The molecule has 0 amide bonds. The molecule has 0 radical (unpaired) electrons. The van der Waals surface area contributed by atoms with Crippen molar-refractivity contribution in [3.05, 3.63) is 89.1 Å². The third-order valence-corrected chi connectivity index (χ3v) is 9.75. The molecule has 5 aromatic rings. The van der Waals surface area contributed by atoms with Crippen LogP contribution >= 0.6 is 11.6 Å². The Labute approximate surface area is 299 Å². The lowest BCUT2D eigenvalue weighted by molar-refractivity contribution is -0.143. The van der Waals surface area contributed by atoms with Crippen molar-refractivity contribution in [1.29, 1.82) is 0 Å². The predicted octanol–water partition coefficient (Wildman–Crippen LogP) is 8.77. The number of nitrogens with one attached hydrogen (secondary N) is 1. The Kier molecular flexibility index (Phi) is 10.8. The van der Waals surface area contributed by atoms with Gasteiger partial charge < -0.3 is 20.1 Å². The quantitative estimate of drug-likeness (QED) is 0.130. The average Bonchev–Trinajstić information content (AvgIpc) is 3.12. The Bertz CT molecular complexity index is 2090. The summed E-state index contributed by atoms with van der Waals surface area (Å²) in [6, 6.07) is 12.9. The number of carboxylic acid groups (broad SMARTS) is 1. The minimum absolute atomic E-state index is 0.157. The fraction of sp³-hybridized carbons (Fsp3) is 0.316. The molecule has 1 fully saturated rings. The highest BCUT2D eigenvalue weighted by Crippen LogP contribution is 2.40. The molecule has 10 nitrogen and oxygen atoms in total. The second kappa shape index (κ2) is 15.4. The Hall–Kier alpha value is -5.07. The molecule has 6 rings (SSSR count). The largest absolute Gasteiger partial charge is 0.481 e. The molecule has 2 N–H and O–H groups in total. The van der Waals surface area contributed by atoms with Crippen LogP contribution in [0.3, 0.4) is 0 Å². The molecule has 264 valence electrons. The Morgan fingerprint density at radius 3 is 2.51 bits per heavy atom. The van der Waals surface area contributed by atoms with E-state index in [-0.39, 0.29) is 17.3 Å². The van der Waals surface area contributed by atoms with Gasteiger partial charge in [-0.25, -0.2) is 23.7 Å². The van der Waals surface area contributed by atoms with E-state index in [2.05, 4.69) is 31.7 Å². The first kappa shape index (κ1) is 35.7. The lowest BCUT2D eigenvalue weighted by Gasteiger charge is -2.29. The van der Waals surface area contributed by atoms with Crippen molar-refractivity contribution >= 4 is 46.2 Å². The number of methoxy groups -OCH3 is 1. The number of aliphatic carboxylic acids is 1. The van der Waals surface area contributed by atoms with Crippen LogP contribution in [-0.2, 0) is 11.3 Å². The zero-order chi connectivity index (χ0) is 36.2. The predicted molar refractivity (Wildman–Crippen MR) is 194 cm³/mol. The monoisotopic (exact) mass is 713 g/mol. The minimum atomic E-state index is -2.87. The summed E-state index contributed by atoms with van der Waals surface area (Å²) in [5.74, 6) is -0.560. The summed E-state index contributed by atoms with van der Waals surface area (Å²) in [6.07, 6.45) is 5.17. The average molecular weight is 714 g/mol. The van der Waals surface area contributed by atoms with Crippen molar-refractivity contribution in [3.63, 3.8) is 0 Å². The Morgan fingerprint density at radius 1 is 1.08 bits per heavy atom. The number of alkyl halides is 2. The summed E-state index contributed by atoms with van der Waals surface area (Å²) in [6.45, 7) is 6.99. The van der Waals surface area contributed by atoms with Gasteiger partial charge in [-0.3, -0.25) is 14.8 Å². The number of carbonyl (C=O) groups is 1. The van der Waals surface area contributed by atoms with Crippen LogP contribution in [0.2, 0.25) is 5.02 Å². The lowest BCUT2D eigenvalue weighted by Crippen LogP contribution is -2.30. The van der Waals surface area contributed by atoms with Crippen LogP contribution in [-0.4, -0.2) is 61.6 Å². The molecule has 0 atom stereocenters. The first-order valence-electron chi connectivity index (χ1n) is 16.6. The van der Waals surface area contributed by atoms with Crippen LogP contribution in [0, 0.1) is 18.8 Å². The molecule has 0 spiro atoms. The van der Waals surface area contributed by atoms with Gasteiger partial charge in [-0.05, 0) is 74.4 Å². The maximum atomic E-state index is 13.8. The number of hydrogen-bond donors (Lipinski definition) is 2. The lowest BCUT2D eigenvalue weighted by atomic mass is 9.82. The van der Waals surface area contributed by atoms with Gasteiger partial charge in [0, 0.05) is 36.1 Å². The molecule has 1 aliphatic carbocycles. The van der Waals surface area contributed by atoms with Crippen molar-refractivity contribution in [2.75, 3.05) is 26.0 Å². The van der Waals surface area contributed by atoms with Crippen molar-refractivity contribution in [1.82, 2.24) is 29.8 Å². The Morgan fingerprint density at radius 2 is 1.80 bits per heavy atom. The van der Waals surface area contributed by atoms with Crippen LogP contribution in [0.5, 0.6) is 5.88 Å². The van der Waals surface area contributed by atoms with E-state index < -0.39 is 18.2 Å². The number of nitrogens with zero attached hydrogens (tertiary/aromatic N) is 6. The highest BCUT2D eigenvalue weighted by atomic mass is 35.5. The van der Waals surface area contributed by atoms with Crippen LogP contribution in [0.4, 0.5) is 20.3 Å².